The molecule has 0 spiro atoms. The number of aromatic amines is 1. The van der Waals surface area contributed by atoms with E-state index in [0.717, 1.165) is 16.6 Å². The van der Waals surface area contributed by atoms with Gasteiger partial charge in [-0.05, 0) is 30.3 Å². The van der Waals surface area contributed by atoms with Crippen LogP contribution < -0.4 is 34.7 Å². The number of para-hydroxylation sites is 1. The molecule has 2 rings (SSSR count). The number of aliphatic imine (C=N–C) groups is 1. The molecule has 0 fully saturated rings. The van der Waals surface area contributed by atoms with Crippen molar-refractivity contribution in [3.63, 3.8) is 0 Å². The molecular formula is C13H13N2NaO3. The van der Waals surface area contributed by atoms with Gasteiger partial charge >= 0.3 is 35.5 Å². The zero-order chi connectivity index (χ0) is 13.1. The van der Waals surface area contributed by atoms with Crippen molar-refractivity contribution >= 4 is 22.8 Å². The van der Waals surface area contributed by atoms with Gasteiger partial charge in [0, 0.05) is 17.6 Å². The van der Waals surface area contributed by atoms with Gasteiger partial charge in [-0.15, -0.1) is 0 Å². The predicted molar refractivity (Wildman–Crippen MR) is 66.5 cm³/mol. The Balaban J connectivity index is 0.00000180. The van der Waals surface area contributed by atoms with Crippen LogP contribution in [0.2, 0.25) is 0 Å². The van der Waals surface area contributed by atoms with E-state index in [1.54, 1.807) is 0 Å². The Morgan fingerprint density at radius 3 is 2.74 bits per heavy atom. The Kier molecular flexibility index (Phi) is 5.60. The fourth-order valence-electron chi connectivity index (χ4n) is 1.86. The Morgan fingerprint density at radius 2 is 2.16 bits per heavy atom. The number of nitrogens with zero attached hydrogens (tertiary/aromatic N) is 1. The number of nitrogens with one attached hydrogen (secondary N) is 1. The molecule has 94 valence electrons. The molecule has 0 saturated carbocycles. The first kappa shape index (κ1) is 15.8. The third-order valence-electron chi connectivity index (χ3n) is 2.62. The zero-order valence-corrected chi connectivity index (χ0v) is 12.9. The van der Waals surface area contributed by atoms with E-state index in [1.165, 1.54) is 6.92 Å². The SMILES string of the molecule is CC([O-])=N[C@@H](Cc1cc2ccccc2[nH]1)C(=O)O.[Na+]. The number of fused-ring (bicyclic) bond motifs is 1. The molecule has 0 bridgehead atoms. The first-order chi connectivity index (χ1) is 8.56. The minimum Gasteiger partial charge on any atom is -0.862 e. The molecule has 5 nitrogen and oxygen atoms in total. The van der Waals surface area contributed by atoms with Gasteiger partial charge in [-0.1, -0.05) is 18.2 Å². The summed E-state index contributed by atoms with van der Waals surface area (Å²) in [5.74, 6) is -1.57. The second-order valence-corrected chi connectivity index (χ2v) is 4.09. The maximum Gasteiger partial charge on any atom is 1.00 e. The van der Waals surface area contributed by atoms with Crippen LogP contribution in [-0.2, 0) is 11.2 Å². The van der Waals surface area contributed by atoms with Crippen LogP contribution in [-0.4, -0.2) is 28.0 Å². The molecule has 1 aromatic carbocycles. The maximum absolute atomic E-state index is 11.0. The summed E-state index contributed by atoms with van der Waals surface area (Å²) in [7, 11) is 0. The van der Waals surface area contributed by atoms with Gasteiger partial charge in [-0.2, -0.15) is 0 Å². The molecule has 0 unspecified atom stereocenters. The zero-order valence-electron chi connectivity index (χ0n) is 10.9. The molecule has 2 aromatic rings. The predicted octanol–water partition coefficient (Wildman–Crippen LogP) is -2.05. The molecule has 0 saturated heterocycles. The van der Waals surface area contributed by atoms with Crippen LogP contribution >= 0.6 is 0 Å². The van der Waals surface area contributed by atoms with Gasteiger partial charge in [0.2, 0.25) is 0 Å². The van der Waals surface area contributed by atoms with Crippen molar-refractivity contribution < 1.29 is 44.6 Å². The topological polar surface area (TPSA) is 88.5 Å². The standard InChI is InChI=1S/C13H14N2O3.Na/c1-8(16)14-12(13(17)18)7-10-6-9-4-2-3-5-11(9)15-10;/h2-6,12,15H,7H2,1H3,(H,14,16)(H,17,18);/q;+1/p-1/t12-;/m0./s1. The van der Waals surface area contributed by atoms with Crippen LogP contribution in [0.25, 0.3) is 10.9 Å². The molecule has 0 aliphatic carbocycles. The van der Waals surface area contributed by atoms with E-state index >= 15 is 0 Å². The van der Waals surface area contributed by atoms with Gasteiger partial charge in [0.15, 0.2) is 6.04 Å². The van der Waals surface area contributed by atoms with E-state index in [1.807, 2.05) is 30.3 Å². The van der Waals surface area contributed by atoms with E-state index in [-0.39, 0.29) is 36.0 Å². The van der Waals surface area contributed by atoms with Gasteiger partial charge in [0.1, 0.15) is 0 Å². The minimum absolute atomic E-state index is 0. The normalized spacial score (nSPS) is 13.0. The second-order valence-electron chi connectivity index (χ2n) is 4.09. The van der Waals surface area contributed by atoms with Crippen LogP contribution in [0.3, 0.4) is 0 Å². The third-order valence-corrected chi connectivity index (χ3v) is 2.62. The van der Waals surface area contributed by atoms with Crippen molar-refractivity contribution in [1.29, 1.82) is 0 Å². The number of aromatic nitrogens is 1. The van der Waals surface area contributed by atoms with E-state index in [4.69, 9.17) is 5.11 Å². The van der Waals surface area contributed by atoms with Crippen molar-refractivity contribution in [3.8, 4) is 0 Å². The van der Waals surface area contributed by atoms with Gasteiger partial charge in [0.05, 0.1) is 0 Å². The molecule has 0 amide bonds. The number of H-pyrrole nitrogens is 1. The number of carboxylic acids is 1. The van der Waals surface area contributed by atoms with Crippen molar-refractivity contribution in [3.05, 3.63) is 36.0 Å². The Morgan fingerprint density at radius 1 is 1.47 bits per heavy atom. The number of carboxylic acid groups (broad SMARTS) is 1. The van der Waals surface area contributed by atoms with Crippen LogP contribution in [0, 0.1) is 0 Å². The van der Waals surface area contributed by atoms with Gasteiger partial charge < -0.3 is 15.2 Å². The van der Waals surface area contributed by atoms with Crippen LogP contribution in [0.4, 0.5) is 0 Å². The monoisotopic (exact) mass is 268 g/mol. The third kappa shape index (κ3) is 4.09. The summed E-state index contributed by atoms with van der Waals surface area (Å²) in [4.78, 5) is 17.7. The number of aliphatic carboxylic acids is 1. The molecule has 6 heteroatoms. The second kappa shape index (κ2) is 6.75. The van der Waals surface area contributed by atoms with E-state index in [9.17, 15) is 9.90 Å². The average molecular weight is 268 g/mol. The smallest absolute Gasteiger partial charge is 0.862 e. The summed E-state index contributed by atoms with van der Waals surface area (Å²) in [6, 6.07) is 8.51. The van der Waals surface area contributed by atoms with Crippen LogP contribution in [0.15, 0.2) is 35.3 Å². The van der Waals surface area contributed by atoms with E-state index in [0.29, 0.717) is 0 Å². The van der Waals surface area contributed by atoms with Gasteiger partial charge in [-0.25, -0.2) is 4.79 Å². The van der Waals surface area contributed by atoms with Crippen LogP contribution in [0.1, 0.15) is 12.6 Å². The first-order valence-electron chi connectivity index (χ1n) is 5.57. The van der Waals surface area contributed by atoms with Crippen molar-refractivity contribution in [1.82, 2.24) is 4.98 Å². The number of hydrogen-bond acceptors (Lipinski definition) is 3. The average Bonchev–Trinajstić information content (AvgIpc) is 2.69. The fourth-order valence-corrected chi connectivity index (χ4v) is 1.86. The number of benzene rings is 1. The summed E-state index contributed by atoms with van der Waals surface area (Å²) in [5, 5.41) is 20.9. The summed E-state index contributed by atoms with van der Waals surface area (Å²) in [5.41, 5.74) is 1.70. The molecule has 2 N–H and O–H groups in total. The molecule has 1 atom stereocenters. The Hall–Kier alpha value is -1.30. The summed E-state index contributed by atoms with van der Waals surface area (Å²) < 4.78 is 0. The van der Waals surface area contributed by atoms with Crippen LogP contribution in [0.5, 0.6) is 0 Å². The Labute approximate surface area is 132 Å². The molecular weight excluding hydrogens is 255 g/mol. The molecule has 1 aromatic heterocycles. The summed E-state index contributed by atoms with van der Waals surface area (Å²) in [6.45, 7) is 1.25. The Bertz CT molecular complexity index is 570. The van der Waals surface area contributed by atoms with Crippen molar-refractivity contribution in [2.24, 2.45) is 4.99 Å². The van der Waals surface area contributed by atoms with Crippen molar-refractivity contribution in [2.45, 2.75) is 19.4 Å². The molecule has 0 aliphatic heterocycles. The first-order valence-corrected chi connectivity index (χ1v) is 5.57. The maximum atomic E-state index is 11.0. The quantitative estimate of drug-likeness (QED) is 0.380. The largest absolute Gasteiger partial charge is 1.00 e. The summed E-state index contributed by atoms with van der Waals surface area (Å²) >= 11 is 0. The van der Waals surface area contributed by atoms with Gasteiger partial charge in [-0.3, -0.25) is 4.99 Å². The van der Waals surface area contributed by atoms with E-state index in [2.05, 4.69) is 9.98 Å². The summed E-state index contributed by atoms with van der Waals surface area (Å²) in [6.07, 6.45) is 0.184. The minimum atomic E-state index is -1.09. The molecule has 0 radical (unpaired) electrons. The van der Waals surface area contributed by atoms with E-state index < -0.39 is 17.9 Å². The number of hydrogen-bond donors (Lipinski definition) is 2. The molecule has 1 heterocycles. The molecule has 0 aliphatic rings. The van der Waals surface area contributed by atoms with Gasteiger partial charge in [0.25, 0.3) is 0 Å². The number of rotatable bonds is 4. The van der Waals surface area contributed by atoms with Crippen molar-refractivity contribution in [2.75, 3.05) is 0 Å². The molecule has 19 heavy (non-hydrogen) atoms. The number of carbonyl (C=O) groups is 1. The fraction of sp³-hybridized carbons (Fsp3) is 0.231.